The number of aryl methyl sites for hydroxylation is 2. The molecule has 1 unspecified atom stereocenters. The van der Waals surface area contributed by atoms with Crippen molar-refractivity contribution in [2.75, 3.05) is 5.32 Å². The Morgan fingerprint density at radius 1 is 1.32 bits per heavy atom. The van der Waals surface area contributed by atoms with Gasteiger partial charge in [-0.2, -0.15) is 0 Å². The Labute approximate surface area is 132 Å². The fourth-order valence-electron chi connectivity index (χ4n) is 2.71. The first-order chi connectivity index (χ1) is 9.26. The van der Waals surface area contributed by atoms with Crippen LogP contribution in [-0.4, -0.2) is 0 Å². The van der Waals surface area contributed by atoms with Crippen molar-refractivity contribution in [3.63, 3.8) is 0 Å². The molecule has 0 spiro atoms. The highest BCUT2D eigenvalue weighted by atomic mass is 127. The molecular formula is C16H18INS. The van der Waals surface area contributed by atoms with Gasteiger partial charge in [0.05, 0.1) is 8.93 Å². The van der Waals surface area contributed by atoms with E-state index in [2.05, 4.69) is 65.2 Å². The van der Waals surface area contributed by atoms with Crippen LogP contribution in [0.2, 0.25) is 0 Å². The van der Waals surface area contributed by atoms with E-state index in [9.17, 15) is 0 Å². The molecule has 0 saturated heterocycles. The zero-order valence-corrected chi connectivity index (χ0v) is 14.1. The van der Waals surface area contributed by atoms with Crippen LogP contribution in [0.25, 0.3) is 0 Å². The van der Waals surface area contributed by atoms with Gasteiger partial charge >= 0.3 is 0 Å². The lowest BCUT2D eigenvalue weighted by Gasteiger charge is -2.24. The molecule has 1 heterocycles. The largest absolute Gasteiger partial charge is 0.378 e. The molecule has 0 saturated carbocycles. The summed E-state index contributed by atoms with van der Waals surface area (Å²) in [5.41, 5.74) is 4.18. The van der Waals surface area contributed by atoms with Crippen LogP contribution in [0, 0.1) is 2.88 Å². The molecule has 0 radical (unpaired) electrons. The third-order valence-corrected chi connectivity index (χ3v) is 5.76. The molecular weight excluding hydrogens is 365 g/mol. The molecule has 0 fully saturated rings. The van der Waals surface area contributed by atoms with Crippen LogP contribution in [0.15, 0.2) is 30.3 Å². The minimum Gasteiger partial charge on any atom is -0.378 e. The maximum absolute atomic E-state index is 3.71. The Morgan fingerprint density at radius 3 is 2.84 bits per heavy atom. The Balaban J connectivity index is 1.79. The number of fused-ring (bicyclic) bond motifs is 1. The van der Waals surface area contributed by atoms with E-state index in [0.717, 1.165) is 6.42 Å². The average Bonchev–Trinajstić information content (AvgIpc) is 2.81. The summed E-state index contributed by atoms with van der Waals surface area (Å²) < 4.78 is 1.41. The Hall–Kier alpha value is -0.550. The number of anilines is 1. The maximum Gasteiger partial charge on any atom is 0.0660 e. The molecule has 0 bridgehead atoms. The van der Waals surface area contributed by atoms with Crippen molar-refractivity contribution in [1.82, 2.24) is 0 Å². The van der Waals surface area contributed by atoms with E-state index in [1.54, 1.807) is 4.88 Å². The van der Waals surface area contributed by atoms with Crippen molar-refractivity contribution in [3.8, 4) is 0 Å². The molecule has 1 N–H and O–H groups in total. The molecule has 1 aliphatic carbocycles. The molecule has 3 rings (SSSR count). The molecule has 1 aliphatic rings. The molecule has 3 heteroatoms. The van der Waals surface area contributed by atoms with Crippen LogP contribution in [-0.2, 0) is 12.8 Å². The first-order valence-electron chi connectivity index (χ1n) is 6.90. The summed E-state index contributed by atoms with van der Waals surface area (Å²) >= 11 is 4.40. The third kappa shape index (κ3) is 2.97. The second kappa shape index (κ2) is 5.83. The monoisotopic (exact) mass is 383 g/mol. The molecule has 1 aromatic carbocycles. The number of hydrogen-bond donors (Lipinski definition) is 1. The van der Waals surface area contributed by atoms with Crippen molar-refractivity contribution in [1.29, 1.82) is 0 Å². The highest BCUT2D eigenvalue weighted by molar-refractivity contribution is 14.1. The molecule has 1 nitrogen and oxygen atoms in total. The van der Waals surface area contributed by atoms with Crippen molar-refractivity contribution in [2.24, 2.45) is 0 Å². The molecule has 100 valence electrons. The third-order valence-electron chi connectivity index (χ3n) is 3.79. The Bertz CT molecular complexity index is 559. The van der Waals surface area contributed by atoms with Gasteiger partial charge in [0, 0.05) is 10.6 Å². The fourth-order valence-corrected chi connectivity index (χ4v) is 4.83. The van der Waals surface area contributed by atoms with Crippen molar-refractivity contribution in [3.05, 3.63) is 49.2 Å². The molecule has 0 aliphatic heterocycles. The maximum atomic E-state index is 3.71. The van der Waals surface area contributed by atoms with Gasteiger partial charge in [-0.15, -0.1) is 11.3 Å². The first kappa shape index (κ1) is 13.4. The quantitative estimate of drug-likeness (QED) is 0.700. The topological polar surface area (TPSA) is 12.0 Å². The number of benzene rings is 1. The number of hydrogen-bond acceptors (Lipinski definition) is 2. The van der Waals surface area contributed by atoms with Crippen LogP contribution >= 0.6 is 33.9 Å². The fraction of sp³-hybridized carbons (Fsp3) is 0.375. The predicted octanol–water partition coefficient (Wildman–Crippen LogP) is 5.40. The van der Waals surface area contributed by atoms with Crippen molar-refractivity contribution >= 4 is 39.6 Å². The molecule has 19 heavy (non-hydrogen) atoms. The van der Waals surface area contributed by atoms with Gasteiger partial charge in [0.2, 0.25) is 0 Å². The van der Waals surface area contributed by atoms with Gasteiger partial charge in [0.25, 0.3) is 0 Å². The summed E-state index contributed by atoms with van der Waals surface area (Å²) in [4.78, 5) is 1.58. The van der Waals surface area contributed by atoms with E-state index < -0.39 is 0 Å². The zero-order valence-electron chi connectivity index (χ0n) is 11.1. The Morgan fingerprint density at radius 2 is 2.11 bits per heavy atom. The summed E-state index contributed by atoms with van der Waals surface area (Å²) in [5, 5.41) is 3.71. The number of thiophene rings is 1. The lowest BCUT2D eigenvalue weighted by molar-refractivity contribution is 0.609. The highest BCUT2D eigenvalue weighted by Gasteiger charge is 2.22. The summed E-state index contributed by atoms with van der Waals surface area (Å²) in [7, 11) is 0. The van der Waals surface area contributed by atoms with Crippen LogP contribution in [0.1, 0.15) is 41.8 Å². The first-order valence-corrected chi connectivity index (χ1v) is 8.79. The van der Waals surface area contributed by atoms with Gasteiger partial charge < -0.3 is 5.32 Å². The van der Waals surface area contributed by atoms with Gasteiger partial charge in [-0.3, -0.25) is 0 Å². The van der Waals surface area contributed by atoms with E-state index in [1.165, 1.54) is 39.0 Å². The lowest BCUT2D eigenvalue weighted by Crippen LogP contribution is -2.15. The molecule has 0 amide bonds. The predicted molar refractivity (Wildman–Crippen MR) is 92.2 cm³/mol. The van der Waals surface area contributed by atoms with Crippen LogP contribution in [0.4, 0.5) is 5.69 Å². The van der Waals surface area contributed by atoms with Crippen LogP contribution in [0.5, 0.6) is 0 Å². The van der Waals surface area contributed by atoms with Crippen LogP contribution in [0.3, 0.4) is 0 Å². The normalized spacial score (nSPS) is 18.1. The summed E-state index contributed by atoms with van der Waals surface area (Å²) in [5.74, 6) is 0. The van der Waals surface area contributed by atoms with Gasteiger partial charge in [-0.25, -0.2) is 0 Å². The number of nitrogens with one attached hydrogen (secondary N) is 1. The Kier molecular flexibility index (Phi) is 4.12. The van der Waals surface area contributed by atoms with E-state index in [4.69, 9.17) is 0 Å². The van der Waals surface area contributed by atoms with Crippen molar-refractivity contribution in [2.45, 2.75) is 38.6 Å². The molecule has 2 aromatic rings. The second-order valence-electron chi connectivity index (χ2n) is 5.07. The van der Waals surface area contributed by atoms with Crippen LogP contribution < -0.4 is 5.32 Å². The minimum atomic E-state index is 0.496. The zero-order chi connectivity index (χ0) is 13.2. The van der Waals surface area contributed by atoms with Gasteiger partial charge in [0.1, 0.15) is 0 Å². The summed E-state index contributed by atoms with van der Waals surface area (Å²) in [6.45, 7) is 2.20. The van der Waals surface area contributed by atoms with E-state index in [1.807, 2.05) is 11.3 Å². The lowest BCUT2D eigenvalue weighted by atomic mass is 9.94. The van der Waals surface area contributed by atoms with E-state index in [0.29, 0.717) is 6.04 Å². The van der Waals surface area contributed by atoms with Crippen molar-refractivity contribution < 1.29 is 0 Å². The summed E-state index contributed by atoms with van der Waals surface area (Å²) in [6, 6.07) is 11.7. The SMILES string of the molecule is CCc1ccc(NC2CCCc3sc(I)cc32)cc1. The van der Waals surface area contributed by atoms with Gasteiger partial charge in [-0.05, 0) is 77.6 Å². The summed E-state index contributed by atoms with van der Waals surface area (Å²) in [6.07, 6.45) is 4.91. The standard InChI is InChI=1S/C16H18INS/c1-2-11-6-8-12(9-7-11)18-14-4-3-5-15-13(14)10-16(17)19-15/h6-10,14,18H,2-5H2,1H3. The van der Waals surface area contributed by atoms with Gasteiger partial charge in [-0.1, -0.05) is 19.1 Å². The molecule has 1 aromatic heterocycles. The number of halogens is 1. The van der Waals surface area contributed by atoms with Gasteiger partial charge in [0.15, 0.2) is 0 Å². The second-order valence-corrected chi connectivity index (χ2v) is 8.10. The average molecular weight is 383 g/mol. The number of rotatable bonds is 3. The highest BCUT2D eigenvalue weighted by Crippen LogP contribution is 2.38. The molecule has 1 atom stereocenters. The minimum absolute atomic E-state index is 0.496. The van der Waals surface area contributed by atoms with E-state index in [-0.39, 0.29) is 0 Å². The van der Waals surface area contributed by atoms with E-state index >= 15 is 0 Å². The smallest absolute Gasteiger partial charge is 0.0660 e.